The van der Waals surface area contributed by atoms with Gasteiger partial charge in [0.25, 0.3) is 0 Å². The molecule has 1 atom stereocenters. The Labute approximate surface area is 129 Å². The Morgan fingerprint density at radius 3 is 2.14 bits per heavy atom. The third kappa shape index (κ3) is 2.90. The fourth-order valence-electron chi connectivity index (χ4n) is 5.68. The van der Waals surface area contributed by atoms with Crippen LogP contribution in [0.4, 0.5) is 0 Å². The predicted octanol–water partition coefficient (Wildman–Crippen LogP) is 4.99. The molecule has 0 aromatic heterocycles. The molecule has 0 N–H and O–H groups in total. The second-order valence-corrected chi connectivity index (χ2v) is 8.05. The van der Waals surface area contributed by atoms with Crippen LogP contribution < -0.4 is 0 Å². The molecule has 0 saturated heterocycles. The van der Waals surface area contributed by atoms with Crippen molar-refractivity contribution in [2.45, 2.75) is 70.0 Å². The average Bonchev–Trinajstić information content (AvgIpc) is 2.44. The van der Waals surface area contributed by atoms with E-state index in [1.54, 1.807) is 0 Å². The summed E-state index contributed by atoms with van der Waals surface area (Å²) in [6, 6.07) is 10.8. The number of rotatable bonds is 5. The summed E-state index contributed by atoms with van der Waals surface area (Å²) >= 11 is 0. The fourth-order valence-corrected chi connectivity index (χ4v) is 5.68. The normalized spacial score (nSPS) is 38.6. The lowest BCUT2D eigenvalue weighted by molar-refractivity contribution is -0.185. The van der Waals surface area contributed by atoms with E-state index in [4.69, 9.17) is 4.74 Å². The Bertz CT molecular complexity index is 443. The molecule has 114 valence electrons. The summed E-state index contributed by atoms with van der Waals surface area (Å²) in [7, 11) is 0. The van der Waals surface area contributed by atoms with Gasteiger partial charge in [0.05, 0.1) is 11.7 Å². The highest BCUT2D eigenvalue weighted by molar-refractivity contribution is 5.14. The number of ether oxygens (including phenoxy) is 1. The van der Waals surface area contributed by atoms with Gasteiger partial charge in [-0.05, 0) is 81.6 Å². The maximum Gasteiger partial charge on any atom is 0.0694 e. The number of hydrogen-bond donors (Lipinski definition) is 0. The van der Waals surface area contributed by atoms with Crippen molar-refractivity contribution in [1.82, 2.24) is 0 Å². The summed E-state index contributed by atoms with van der Waals surface area (Å²) in [6.07, 6.45) is 11.3. The zero-order valence-electron chi connectivity index (χ0n) is 13.3. The molecule has 21 heavy (non-hydrogen) atoms. The minimum Gasteiger partial charge on any atom is -0.372 e. The summed E-state index contributed by atoms with van der Waals surface area (Å²) in [4.78, 5) is 0. The van der Waals surface area contributed by atoms with E-state index in [-0.39, 0.29) is 5.60 Å². The molecule has 0 heterocycles. The molecule has 1 unspecified atom stereocenters. The molecule has 0 aliphatic heterocycles. The van der Waals surface area contributed by atoms with E-state index in [1.165, 1.54) is 44.1 Å². The van der Waals surface area contributed by atoms with Gasteiger partial charge in [-0.3, -0.25) is 0 Å². The maximum atomic E-state index is 6.67. The van der Waals surface area contributed by atoms with Crippen LogP contribution in [0.15, 0.2) is 30.3 Å². The maximum absolute atomic E-state index is 6.67. The largest absolute Gasteiger partial charge is 0.372 e. The van der Waals surface area contributed by atoms with Gasteiger partial charge >= 0.3 is 0 Å². The Balaban J connectivity index is 1.35. The molecule has 1 aromatic rings. The van der Waals surface area contributed by atoms with E-state index in [0.29, 0.717) is 6.10 Å². The van der Waals surface area contributed by atoms with Gasteiger partial charge in [0.15, 0.2) is 0 Å². The van der Waals surface area contributed by atoms with Crippen LogP contribution >= 0.6 is 0 Å². The predicted molar refractivity (Wildman–Crippen MR) is 86.2 cm³/mol. The molecule has 5 rings (SSSR count). The summed E-state index contributed by atoms with van der Waals surface area (Å²) in [5, 5.41) is 0. The van der Waals surface area contributed by atoms with Crippen molar-refractivity contribution in [1.29, 1.82) is 0 Å². The van der Waals surface area contributed by atoms with Crippen LogP contribution in [0.3, 0.4) is 0 Å². The van der Waals surface area contributed by atoms with E-state index < -0.39 is 0 Å². The van der Waals surface area contributed by atoms with E-state index in [1.807, 2.05) is 0 Å². The Hall–Kier alpha value is -0.820. The van der Waals surface area contributed by atoms with Crippen LogP contribution in [-0.2, 0) is 11.2 Å². The van der Waals surface area contributed by atoms with Gasteiger partial charge in [0.2, 0.25) is 0 Å². The smallest absolute Gasteiger partial charge is 0.0694 e. The summed E-state index contributed by atoms with van der Waals surface area (Å²) in [6.45, 7) is 2.29. The van der Waals surface area contributed by atoms with Crippen molar-refractivity contribution >= 4 is 0 Å². The van der Waals surface area contributed by atoms with Crippen LogP contribution in [0.2, 0.25) is 0 Å². The van der Waals surface area contributed by atoms with Crippen molar-refractivity contribution in [2.75, 3.05) is 0 Å². The van der Waals surface area contributed by atoms with Crippen molar-refractivity contribution < 1.29 is 4.74 Å². The molecule has 1 heteroatoms. The molecule has 0 spiro atoms. The summed E-state index contributed by atoms with van der Waals surface area (Å²) in [5.41, 5.74) is 1.71. The molecule has 4 aliphatic rings. The lowest BCUT2D eigenvalue weighted by atomic mass is 9.54. The van der Waals surface area contributed by atoms with Crippen molar-refractivity contribution in [3.8, 4) is 0 Å². The van der Waals surface area contributed by atoms with Crippen LogP contribution in [0.1, 0.15) is 57.4 Å². The standard InChI is InChI=1S/C20H28O/c1-15(7-8-16-5-3-2-4-6-16)21-20-12-17-9-18(13-20)11-19(10-17)14-20/h2-6,15,17-19H,7-14H2,1H3. The molecule has 4 aliphatic carbocycles. The molecular formula is C20H28O. The zero-order chi connectivity index (χ0) is 14.3. The first kappa shape index (κ1) is 13.8. The van der Waals surface area contributed by atoms with Crippen LogP contribution in [0, 0.1) is 17.8 Å². The fraction of sp³-hybridized carbons (Fsp3) is 0.700. The van der Waals surface area contributed by atoms with Crippen molar-refractivity contribution in [3.63, 3.8) is 0 Å². The first-order chi connectivity index (χ1) is 10.2. The summed E-state index contributed by atoms with van der Waals surface area (Å²) < 4.78 is 6.67. The highest BCUT2D eigenvalue weighted by Crippen LogP contribution is 2.57. The van der Waals surface area contributed by atoms with Crippen LogP contribution in [0.25, 0.3) is 0 Å². The molecule has 1 aromatic carbocycles. The third-order valence-corrected chi connectivity index (χ3v) is 6.12. The third-order valence-electron chi connectivity index (χ3n) is 6.12. The van der Waals surface area contributed by atoms with Crippen LogP contribution in [-0.4, -0.2) is 11.7 Å². The first-order valence-corrected chi connectivity index (χ1v) is 8.92. The quantitative estimate of drug-likeness (QED) is 0.740. The Kier molecular flexibility index (Phi) is 3.57. The van der Waals surface area contributed by atoms with E-state index in [0.717, 1.165) is 30.6 Å². The lowest BCUT2D eigenvalue weighted by Crippen LogP contribution is -2.53. The van der Waals surface area contributed by atoms with Crippen molar-refractivity contribution in [2.24, 2.45) is 17.8 Å². The first-order valence-electron chi connectivity index (χ1n) is 8.92. The molecule has 4 bridgehead atoms. The van der Waals surface area contributed by atoms with Gasteiger partial charge in [-0.15, -0.1) is 0 Å². The molecule has 1 nitrogen and oxygen atoms in total. The van der Waals surface area contributed by atoms with Gasteiger partial charge in [-0.2, -0.15) is 0 Å². The highest BCUT2D eigenvalue weighted by Gasteiger charge is 2.52. The second kappa shape index (κ2) is 5.43. The second-order valence-electron chi connectivity index (χ2n) is 8.05. The van der Waals surface area contributed by atoms with Gasteiger partial charge < -0.3 is 4.74 Å². The number of hydrogen-bond acceptors (Lipinski definition) is 1. The Morgan fingerprint density at radius 2 is 1.57 bits per heavy atom. The van der Waals surface area contributed by atoms with Crippen LogP contribution in [0.5, 0.6) is 0 Å². The highest BCUT2D eigenvalue weighted by atomic mass is 16.5. The topological polar surface area (TPSA) is 9.23 Å². The lowest BCUT2D eigenvalue weighted by Gasteiger charge is -2.57. The van der Waals surface area contributed by atoms with Gasteiger partial charge in [0, 0.05) is 0 Å². The van der Waals surface area contributed by atoms with Crippen molar-refractivity contribution in [3.05, 3.63) is 35.9 Å². The monoisotopic (exact) mass is 284 g/mol. The van der Waals surface area contributed by atoms with E-state index >= 15 is 0 Å². The molecule has 4 saturated carbocycles. The minimum atomic E-state index is 0.269. The van der Waals surface area contributed by atoms with E-state index in [2.05, 4.69) is 37.3 Å². The van der Waals surface area contributed by atoms with Gasteiger partial charge in [0.1, 0.15) is 0 Å². The average molecular weight is 284 g/mol. The SMILES string of the molecule is CC(CCc1ccccc1)OC12CC3CC(CC(C3)C1)C2. The number of benzene rings is 1. The zero-order valence-corrected chi connectivity index (χ0v) is 13.3. The molecule has 0 amide bonds. The van der Waals surface area contributed by atoms with E-state index in [9.17, 15) is 0 Å². The van der Waals surface area contributed by atoms with Gasteiger partial charge in [-0.25, -0.2) is 0 Å². The molecule has 4 fully saturated rings. The molecule has 0 radical (unpaired) electrons. The van der Waals surface area contributed by atoms with Gasteiger partial charge in [-0.1, -0.05) is 30.3 Å². The summed E-state index contributed by atoms with van der Waals surface area (Å²) in [5.74, 6) is 2.95. The number of aryl methyl sites for hydroxylation is 1. The minimum absolute atomic E-state index is 0.269. The molecular weight excluding hydrogens is 256 g/mol. The Morgan fingerprint density at radius 1 is 1.00 bits per heavy atom.